The van der Waals surface area contributed by atoms with Crippen molar-refractivity contribution in [1.29, 1.82) is 0 Å². The Balaban J connectivity index is -0.0000000575. The molecule has 0 aliphatic rings. The molecule has 1 nitrogen and oxygen atoms in total. The van der Waals surface area contributed by atoms with Crippen LogP contribution in [0.1, 0.15) is 0 Å². The SMILES string of the molecule is S=C(S)S.[CH2-]CO.[Na+]. The molecule has 0 aliphatic carbocycles. The summed E-state index contributed by atoms with van der Waals surface area (Å²) >= 11 is 11.4. The van der Waals surface area contributed by atoms with E-state index in [0.29, 0.717) is 3.53 Å². The number of aliphatic hydroxyl groups is 1. The quantitative estimate of drug-likeness (QED) is 0.172. The molecule has 0 aliphatic heterocycles. The Morgan fingerprint density at radius 1 is 1.62 bits per heavy atom. The molecule has 0 saturated carbocycles. The van der Waals surface area contributed by atoms with Crippen LogP contribution >= 0.6 is 37.5 Å². The Morgan fingerprint density at radius 3 is 1.62 bits per heavy atom. The van der Waals surface area contributed by atoms with Gasteiger partial charge < -0.3 is 12.0 Å². The van der Waals surface area contributed by atoms with Gasteiger partial charge in [0.05, 0.1) is 3.53 Å². The predicted molar refractivity (Wildman–Crippen MR) is 43.0 cm³/mol. The van der Waals surface area contributed by atoms with Crippen molar-refractivity contribution in [3.8, 4) is 0 Å². The molecule has 0 radical (unpaired) electrons. The first-order chi connectivity index (χ1) is 3.15. The van der Waals surface area contributed by atoms with Gasteiger partial charge in [0.15, 0.2) is 0 Å². The van der Waals surface area contributed by atoms with E-state index in [9.17, 15) is 0 Å². The van der Waals surface area contributed by atoms with E-state index >= 15 is 0 Å². The van der Waals surface area contributed by atoms with Gasteiger partial charge in [-0.15, -0.1) is 25.3 Å². The van der Waals surface area contributed by atoms with Crippen molar-refractivity contribution < 1.29 is 34.7 Å². The van der Waals surface area contributed by atoms with Crippen molar-refractivity contribution in [3.63, 3.8) is 0 Å². The summed E-state index contributed by atoms with van der Waals surface area (Å²) in [5.41, 5.74) is 0. The third-order valence-electron chi connectivity index (χ3n) is 0. The molecule has 0 atom stereocenters. The van der Waals surface area contributed by atoms with Gasteiger partial charge in [-0.3, -0.25) is 0 Å². The molecule has 0 aromatic rings. The molecule has 0 rings (SSSR count). The van der Waals surface area contributed by atoms with Crippen LogP contribution in [0.25, 0.3) is 0 Å². The van der Waals surface area contributed by atoms with Crippen molar-refractivity contribution in [2.24, 2.45) is 0 Å². The van der Waals surface area contributed by atoms with Crippen molar-refractivity contribution in [2.45, 2.75) is 0 Å². The number of hydrogen-bond donors (Lipinski definition) is 3. The molecule has 0 fully saturated rings. The fourth-order valence-corrected chi connectivity index (χ4v) is 0. The molecule has 0 aromatic carbocycles. The van der Waals surface area contributed by atoms with Crippen LogP contribution in [0.15, 0.2) is 0 Å². The smallest absolute Gasteiger partial charge is 0.428 e. The van der Waals surface area contributed by atoms with Crippen molar-refractivity contribution in [2.75, 3.05) is 6.61 Å². The molecular weight excluding hydrogens is 171 g/mol. The summed E-state index contributed by atoms with van der Waals surface area (Å²) < 4.78 is 0.389. The van der Waals surface area contributed by atoms with Gasteiger partial charge in [0.2, 0.25) is 0 Å². The van der Waals surface area contributed by atoms with Crippen LogP contribution in [0.3, 0.4) is 0 Å². The third-order valence-corrected chi connectivity index (χ3v) is 0. The first-order valence-electron chi connectivity index (χ1n) is 1.47. The summed E-state index contributed by atoms with van der Waals surface area (Å²) in [6.45, 7) is 3.04. The van der Waals surface area contributed by atoms with Crippen LogP contribution in [0, 0.1) is 6.92 Å². The number of thiocarbonyl (C=S) groups is 1. The molecular formula is C3H7NaOS3. The van der Waals surface area contributed by atoms with E-state index in [1.165, 1.54) is 0 Å². The molecule has 0 spiro atoms. The summed E-state index contributed by atoms with van der Waals surface area (Å²) in [4.78, 5) is 0. The standard InChI is InChI=1S/C2H5O.CH2S3.Na/c1-2-3;2-1(3)4;/h3H,1-2H2;(H2,2,3,4);/q-1;;+1. The minimum atomic E-state index is 0. The Labute approximate surface area is 88.4 Å². The summed E-state index contributed by atoms with van der Waals surface area (Å²) in [5.74, 6) is 0. The van der Waals surface area contributed by atoms with E-state index in [1.807, 2.05) is 0 Å². The Kier molecular flexibility index (Phi) is 32.6. The van der Waals surface area contributed by atoms with Gasteiger partial charge in [0.25, 0.3) is 0 Å². The first-order valence-corrected chi connectivity index (χ1v) is 2.77. The maximum atomic E-state index is 7.46. The van der Waals surface area contributed by atoms with Gasteiger partial charge in [0, 0.05) is 0 Å². The molecule has 0 heterocycles. The minimum Gasteiger partial charge on any atom is -0.428 e. The zero-order valence-corrected chi connectivity index (χ0v) is 9.27. The Morgan fingerprint density at radius 2 is 1.62 bits per heavy atom. The van der Waals surface area contributed by atoms with Crippen molar-refractivity contribution in [1.82, 2.24) is 0 Å². The van der Waals surface area contributed by atoms with Crippen LogP contribution in [0.5, 0.6) is 0 Å². The molecule has 5 heteroatoms. The Hall–Kier alpha value is 1.75. The molecule has 44 valence electrons. The average molecular weight is 178 g/mol. The summed E-state index contributed by atoms with van der Waals surface area (Å²) in [7, 11) is 0. The zero-order valence-electron chi connectivity index (χ0n) is 4.66. The molecule has 0 amide bonds. The van der Waals surface area contributed by atoms with E-state index < -0.39 is 0 Å². The van der Waals surface area contributed by atoms with Crippen LogP contribution in [0.4, 0.5) is 0 Å². The second kappa shape index (κ2) is 15.9. The van der Waals surface area contributed by atoms with Crippen LogP contribution in [0.2, 0.25) is 0 Å². The maximum absolute atomic E-state index is 7.46. The van der Waals surface area contributed by atoms with E-state index in [1.54, 1.807) is 0 Å². The monoisotopic (exact) mass is 178 g/mol. The van der Waals surface area contributed by atoms with Gasteiger partial charge in [-0.05, 0) is 0 Å². The first kappa shape index (κ1) is 16.4. The zero-order chi connectivity index (χ0) is 6.28. The van der Waals surface area contributed by atoms with Crippen molar-refractivity contribution in [3.05, 3.63) is 6.92 Å². The van der Waals surface area contributed by atoms with Gasteiger partial charge in [-0.25, -0.2) is 0 Å². The van der Waals surface area contributed by atoms with Gasteiger partial charge >= 0.3 is 29.6 Å². The normalized spacial score (nSPS) is 5.50. The van der Waals surface area contributed by atoms with Gasteiger partial charge in [-0.2, -0.15) is 0 Å². The van der Waals surface area contributed by atoms with Gasteiger partial charge in [0.1, 0.15) is 0 Å². The fraction of sp³-hybridized carbons (Fsp3) is 0.333. The second-order valence-corrected chi connectivity index (χ2v) is 2.77. The number of thiol groups is 2. The van der Waals surface area contributed by atoms with Crippen LogP contribution < -0.4 is 29.6 Å². The second-order valence-electron chi connectivity index (χ2n) is 0.506. The molecule has 0 aromatic heterocycles. The number of rotatable bonds is 0. The third kappa shape index (κ3) is 115. The molecule has 1 N–H and O–H groups in total. The molecule has 0 saturated heterocycles. The Bertz CT molecular complexity index is 45.8. The number of hydrogen-bond acceptors (Lipinski definition) is 2. The van der Waals surface area contributed by atoms with Crippen LogP contribution in [-0.4, -0.2) is 15.2 Å². The fourth-order valence-electron chi connectivity index (χ4n) is 0. The van der Waals surface area contributed by atoms with E-state index in [-0.39, 0.29) is 36.2 Å². The molecule has 8 heavy (non-hydrogen) atoms. The molecule has 0 bridgehead atoms. The van der Waals surface area contributed by atoms with Gasteiger partial charge in [-0.1, -0.05) is 18.8 Å². The van der Waals surface area contributed by atoms with Crippen molar-refractivity contribution >= 4 is 41.0 Å². The summed E-state index contributed by atoms with van der Waals surface area (Å²) in [6, 6.07) is 0. The predicted octanol–water partition coefficient (Wildman–Crippen LogP) is -2.05. The summed E-state index contributed by atoms with van der Waals surface area (Å²) in [5, 5.41) is 7.46. The van der Waals surface area contributed by atoms with E-state index in [2.05, 4.69) is 44.4 Å². The maximum Gasteiger partial charge on any atom is 1.00 e. The average Bonchev–Trinajstić information content (AvgIpc) is 1.33. The van der Waals surface area contributed by atoms with E-state index in [4.69, 9.17) is 5.11 Å². The van der Waals surface area contributed by atoms with Crippen LogP contribution in [-0.2, 0) is 0 Å². The topological polar surface area (TPSA) is 20.2 Å². The van der Waals surface area contributed by atoms with E-state index in [0.717, 1.165) is 0 Å². The number of aliphatic hydroxyl groups excluding tert-OH is 1. The minimum absolute atomic E-state index is 0. The summed E-state index contributed by atoms with van der Waals surface area (Å²) in [6.07, 6.45) is 0. The largest absolute Gasteiger partial charge is 1.00 e. The molecule has 0 unspecified atom stereocenters.